The first-order chi connectivity index (χ1) is 15.0. The molecule has 0 aliphatic rings. The van der Waals surface area contributed by atoms with E-state index < -0.39 is 12.1 Å². The number of urea groups is 1. The number of primary amides is 1. The summed E-state index contributed by atoms with van der Waals surface area (Å²) in [6.45, 7) is 1.04. The highest BCUT2D eigenvalue weighted by molar-refractivity contribution is 6.31. The number of benzene rings is 3. The molecule has 1 unspecified atom stereocenters. The van der Waals surface area contributed by atoms with Crippen molar-refractivity contribution in [3.05, 3.63) is 107 Å². The van der Waals surface area contributed by atoms with Gasteiger partial charge in [-0.25, -0.2) is 4.79 Å². The van der Waals surface area contributed by atoms with E-state index in [4.69, 9.17) is 17.3 Å². The third-order valence-electron chi connectivity index (χ3n) is 5.06. The quantitative estimate of drug-likeness (QED) is 0.510. The van der Waals surface area contributed by atoms with Crippen molar-refractivity contribution in [2.75, 3.05) is 6.54 Å². The molecule has 5 nitrogen and oxygen atoms in total. The first-order valence-electron chi connectivity index (χ1n) is 10.2. The predicted molar refractivity (Wildman–Crippen MR) is 124 cm³/mol. The van der Waals surface area contributed by atoms with E-state index in [9.17, 15) is 9.59 Å². The summed E-state index contributed by atoms with van der Waals surface area (Å²) in [4.78, 5) is 26.7. The van der Waals surface area contributed by atoms with E-state index in [1.54, 1.807) is 18.2 Å². The highest BCUT2D eigenvalue weighted by Crippen LogP contribution is 2.26. The van der Waals surface area contributed by atoms with E-state index in [1.165, 1.54) is 0 Å². The van der Waals surface area contributed by atoms with E-state index in [1.807, 2.05) is 71.6 Å². The van der Waals surface area contributed by atoms with Crippen molar-refractivity contribution in [2.45, 2.75) is 25.4 Å². The van der Waals surface area contributed by atoms with Gasteiger partial charge >= 0.3 is 6.03 Å². The second-order valence-electron chi connectivity index (χ2n) is 7.32. The molecule has 0 fully saturated rings. The van der Waals surface area contributed by atoms with Crippen LogP contribution in [-0.2, 0) is 17.8 Å². The second-order valence-corrected chi connectivity index (χ2v) is 7.73. The van der Waals surface area contributed by atoms with E-state index in [-0.39, 0.29) is 12.3 Å². The van der Waals surface area contributed by atoms with Crippen LogP contribution >= 0.6 is 11.6 Å². The maximum atomic E-state index is 13.3. The van der Waals surface area contributed by atoms with Gasteiger partial charge in [-0.15, -0.1) is 0 Å². The van der Waals surface area contributed by atoms with Gasteiger partial charge in [0.2, 0.25) is 5.91 Å². The Labute approximate surface area is 187 Å². The van der Waals surface area contributed by atoms with Gasteiger partial charge in [0.25, 0.3) is 0 Å². The lowest BCUT2D eigenvalue weighted by atomic mass is 10.0. The summed E-state index contributed by atoms with van der Waals surface area (Å²) in [6.07, 6.45) is 0.799. The number of carbonyl (C=O) groups excluding carboxylic acids is 2. The number of carbonyl (C=O) groups is 2. The summed E-state index contributed by atoms with van der Waals surface area (Å²) in [7, 11) is 0. The van der Waals surface area contributed by atoms with Gasteiger partial charge in [-0.1, -0.05) is 90.5 Å². The smallest absolute Gasteiger partial charge is 0.312 e. The van der Waals surface area contributed by atoms with Crippen LogP contribution in [0.2, 0.25) is 5.02 Å². The van der Waals surface area contributed by atoms with Crippen molar-refractivity contribution in [3.63, 3.8) is 0 Å². The summed E-state index contributed by atoms with van der Waals surface area (Å²) in [5.74, 6) is -0.0848. The summed E-state index contributed by atoms with van der Waals surface area (Å²) < 4.78 is 0. The van der Waals surface area contributed by atoms with Crippen LogP contribution in [0.1, 0.15) is 29.2 Å². The van der Waals surface area contributed by atoms with Gasteiger partial charge in [0.05, 0.1) is 12.5 Å². The fourth-order valence-corrected chi connectivity index (χ4v) is 3.74. The minimum atomic E-state index is -0.698. The molecule has 6 heteroatoms. The van der Waals surface area contributed by atoms with Crippen LogP contribution in [0.3, 0.4) is 0 Å². The van der Waals surface area contributed by atoms with Gasteiger partial charge in [0.15, 0.2) is 0 Å². The summed E-state index contributed by atoms with van der Waals surface area (Å²) in [5.41, 5.74) is 8.24. The zero-order chi connectivity index (χ0) is 22.1. The number of nitrogens with zero attached hydrogens (tertiary/aromatic N) is 1. The van der Waals surface area contributed by atoms with Crippen LogP contribution in [0.25, 0.3) is 0 Å². The highest BCUT2D eigenvalue weighted by atomic mass is 35.5. The van der Waals surface area contributed by atoms with Crippen molar-refractivity contribution in [1.82, 2.24) is 10.2 Å². The van der Waals surface area contributed by atoms with Crippen LogP contribution in [-0.4, -0.2) is 23.4 Å². The third-order valence-corrected chi connectivity index (χ3v) is 5.40. The molecular formula is C25H26ClN3O2. The fourth-order valence-electron chi connectivity index (χ4n) is 3.48. The number of halogens is 1. The van der Waals surface area contributed by atoms with Crippen LogP contribution in [0.15, 0.2) is 84.9 Å². The first-order valence-corrected chi connectivity index (χ1v) is 10.6. The number of nitrogens with two attached hydrogens (primary N) is 1. The minimum Gasteiger partial charge on any atom is -0.352 e. The molecule has 0 heterocycles. The average molecular weight is 436 g/mol. The van der Waals surface area contributed by atoms with Crippen molar-refractivity contribution >= 4 is 23.5 Å². The van der Waals surface area contributed by atoms with E-state index in [0.29, 0.717) is 23.7 Å². The molecule has 0 bridgehead atoms. The average Bonchev–Trinajstić information content (AvgIpc) is 2.77. The van der Waals surface area contributed by atoms with Crippen molar-refractivity contribution < 1.29 is 9.59 Å². The molecule has 3 N–H and O–H groups in total. The van der Waals surface area contributed by atoms with Crippen LogP contribution in [0, 0.1) is 0 Å². The Kier molecular flexibility index (Phi) is 8.07. The summed E-state index contributed by atoms with van der Waals surface area (Å²) >= 11 is 6.32. The number of hydrogen-bond donors (Lipinski definition) is 2. The van der Waals surface area contributed by atoms with E-state index >= 15 is 0 Å². The minimum absolute atomic E-state index is 0.0638. The van der Waals surface area contributed by atoms with Gasteiger partial charge in [0.1, 0.15) is 0 Å². The number of rotatable bonds is 9. The molecule has 31 heavy (non-hydrogen) atoms. The van der Waals surface area contributed by atoms with Crippen LogP contribution in [0.5, 0.6) is 0 Å². The lowest BCUT2D eigenvalue weighted by Gasteiger charge is -2.26. The number of hydrogen-bond acceptors (Lipinski definition) is 2. The Morgan fingerprint density at radius 1 is 0.871 bits per heavy atom. The molecule has 0 aliphatic heterocycles. The Balaban J connectivity index is 1.79. The van der Waals surface area contributed by atoms with Crippen molar-refractivity contribution in [2.24, 2.45) is 5.73 Å². The van der Waals surface area contributed by atoms with E-state index in [0.717, 1.165) is 17.5 Å². The molecule has 0 saturated heterocycles. The molecule has 0 saturated carbocycles. The van der Waals surface area contributed by atoms with Crippen molar-refractivity contribution in [1.29, 1.82) is 0 Å². The monoisotopic (exact) mass is 435 g/mol. The maximum absolute atomic E-state index is 13.3. The Morgan fingerprint density at radius 3 is 2.06 bits per heavy atom. The zero-order valence-corrected chi connectivity index (χ0v) is 18.0. The normalized spacial score (nSPS) is 11.5. The summed E-state index contributed by atoms with van der Waals surface area (Å²) in [6, 6.07) is 25.7. The SMILES string of the molecule is NC(=O)NC(CC(=O)N(CCc1ccccc1)Cc1ccccc1)c1ccccc1Cl. The predicted octanol–water partition coefficient (Wildman–Crippen LogP) is 4.71. The molecular weight excluding hydrogens is 410 g/mol. The lowest BCUT2D eigenvalue weighted by molar-refractivity contribution is -0.132. The summed E-state index contributed by atoms with van der Waals surface area (Å²) in [5, 5.41) is 3.15. The lowest BCUT2D eigenvalue weighted by Crippen LogP contribution is -2.39. The third kappa shape index (κ3) is 6.86. The second kappa shape index (κ2) is 11.2. The molecule has 3 amide bonds. The highest BCUT2D eigenvalue weighted by Gasteiger charge is 2.23. The molecule has 3 aromatic carbocycles. The Morgan fingerprint density at radius 2 is 1.45 bits per heavy atom. The fraction of sp³-hybridized carbons (Fsp3) is 0.200. The molecule has 0 aromatic heterocycles. The van der Waals surface area contributed by atoms with Gasteiger partial charge in [-0.05, 0) is 29.2 Å². The Hall–Kier alpha value is -3.31. The molecule has 0 spiro atoms. The van der Waals surface area contributed by atoms with Gasteiger partial charge in [-0.2, -0.15) is 0 Å². The maximum Gasteiger partial charge on any atom is 0.312 e. The molecule has 160 valence electrons. The molecule has 0 radical (unpaired) electrons. The first kappa shape index (κ1) is 22.4. The van der Waals surface area contributed by atoms with Gasteiger partial charge < -0.3 is 16.0 Å². The van der Waals surface area contributed by atoms with Crippen molar-refractivity contribution in [3.8, 4) is 0 Å². The standard InChI is InChI=1S/C25H26ClN3O2/c26-22-14-8-7-13-21(22)23(28-25(27)31)17-24(30)29(18-20-11-5-2-6-12-20)16-15-19-9-3-1-4-10-19/h1-14,23H,15-18H2,(H3,27,28,31). The van der Waals surface area contributed by atoms with Crippen LogP contribution < -0.4 is 11.1 Å². The largest absolute Gasteiger partial charge is 0.352 e. The molecule has 1 atom stereocenters. The molecule has 0 aliphatic carbocycles. The Bertz CT molecular complexity index is 996. The van der Waals surface area contributed by atoms with Crippen LogP contribution in [0.4, 0.5) is 4.79 Å². The molecule has 3 rings (SSSR count). The molecule has 3 aromatic rings. The topological polar surface area (TPSA) is 75.4 Å². The number of nitrogens with one attached hydrogen (secondary N) is 1. The van der Waals surface area contributed by atoms with Gasteiger partial charge in [-0.3, -0.25) is 4.79 Å². The zero-order valence-electron chi connectivity index (χ0n) is 17.2. The van der Waals surface area contributed by atoms with E-state index in [2.05, 4.69) is 5.32 Å². The van der Waals surface area contributed by atoms with Gasteiger partial charge in [0, 0.05) is 18.1 Å². The number of amides is 3.